The first kappa shape index (κ1) is 19.2. The van der Waals surface area contributed by atoms with Crippen molar-refractivity contribution in [3.8, 4) is 11.5 Å². The van der Waals surface area contributed by atoms with Gasteiger partial charge in [-0.3, -0.25) is 0 Å². The first-order valence-corrected chi connectivity index (χ1v) is 9.88. The third-order valence-corrected chi connectivity index (χ3v) is 5.24. The van der Waals surface area contributed by atoms with Crippen LogP contribution in [0.15, 0.2) is 84.9 Å². The number of para-hydroxylation sites is 1. The Morgan fingerprint density at radius 2 is 1.52 bits per heavy atom. The second kappa shape index (κ2) is 8.89. The lowest BCUT2D eigenvalue weighted by Crippen LogP contribution is -2.05. The largest absolute Gasteiger partial charge is 0.493 e. The quantitative estimate of drug-likeness (QED) is 0.372. The van der Waals surface area contributed by atoms with E-state index in [1.54, 1.807) is 7.11 Å². The lowest BCUT2D eigenvalue weighted by molar-refractivity contribution is 0.282. The van der Waals surface area contributed by atoms with Crippen molar-refractivity contribution in [1.29, 1.82) is 0 Å². The minimum absolute atomic E-state index is 0.376. The third-order valence-electron chi connectivity index (χ3n) is 4.87. The van der Waals surface area contributed by atoms with Gasteiger partial charge in [-0.2, -0.15) is 0 Å². The summed E-state index contributed by atoms with van der Waals surface area (Å²) in [6.07, 6.45) is 0. The van der Waals surface area contributed by atoms with E-state index in [4.69, 9.17) is 21.1 Å². The summed E-state index contributed by atoms with van der Waals surface area (Å²) in [6, 6.07) is 28.2. The molecular formula is C25H22ClNO2. The number of benzene rings is 4. The molecule has 0 aromatic heterocycles. The van der Waals surface area contributed by atoms with Gasteiger partial charge in [0.2, 0.25) is 0 Å². The van der Waals surface area contributed by atoms with Gasteiger partial charge >= 0.3 is 0 Å². The van der Waals surface area contributed by atoms with Crippen LogP contribution in [-0.2, 0) is 13.2 Å². The molecule has 0 unspecified atom stereocenters. The summed E-state index contributed by atoms with van der Waals surface area (Å²) in [6.45, 7) is 0.990. The maximum atomic E-state index is 6.28. The molecule has 0 spiro atoms. The third kappa shape index (κ3) is 4.30. The number of rotatable bonds is 7. The van der Waals surface area contributed by atoms with Crippen molar-refractivity contribution in [2.24, 2.45) is 0 Å². The van der Waals surface area contributed by atoms with E-state index in [0.717, 1.165) is 22.6 Å². The van der Waals surface area contributed by atoms with Gasteiger partial charge in [-0.25, -0.2) is 0 Å². The van der Waals surface area contributed by atoms with Crippen LogP contribution in [0, 0.1) is 0 Å². The molecule has 0 bridgehead atoms. The summed E-state index contributed by atoms with van der Waals surface area (Å²) in [5.41, 5.74) is 3.04. The molecule has 0 heterocycles. The molecule has 0 aliphatic heterocycles. The van der Waals surface area contributed by atoms with Gasteiger partial charge in [-0.05, 0) is 23.6 Å². The van der Waals surface area contributed by atoms with Crippen LogP contribution in [0.5, 0.6) is 11.5 Å². The van der Waals surface area contributed by atoms with E-state index in [9.17, 15) is 0 Å². The van der Waals surface area contributed by atoms with Crippen LogP contribution in [0.1, 0.15) is 11.1 Å². The summed E-state index contributed by atoms with van der Waals surface area (Å²) in [5, 5.41) is 6.63. The number of methoxy groups -OCH3 is 1. The first-order valence-electron chi connectivity index (χ1n) is 9.50. The molecule has 1 N–H and O–H groups in total. The molecule has 146 valence electrons. The molecule has 0 saturated carbocycles. The molecule has 0 saturated heterocycles. The Hall–Kier alpha value is -3.17. The molecule has 0 aliphatic rings. The highest BCUT2D eigenvalue weighted by Gasteiger charge is 2.12. The molecule has 3 nitrogen and oxygen atoms in total. The van der Waals surface area contributed by atoms with Gasteiger partial charge in [0.15, 0.2) is 11.5 Å². The molecule has 4 aromatic rings. The van der Waals surface area contributed by atoms with E-state index in [1.165, 1.54) is 10.8 Å². The number of nitrogens with one attached hydrogen (secondary N) is 1. The number of anilines is 1. The lowest BCUT2D eigenvalue weighted by atomic mass is 10.1. The topological polar surface area (TPSA) is 30.5 Å². The minimum atomic E-state index is 0.376. The summed E-state index contributed by atoms with van der Waals surface area (Å²) < 4.78 is 11.7. The number of hydrogen-bond acceptors (Lipinski definition) is 3. The van der Waals surface area contributed by atoms with Crippen molar-refractivity contribution < 1.29 is 9.47 Å². The second-order valence-corrected chi connectivity index (χ2v) is 7.12. The molecule has 29 heavy (non-hydrogen) atoms. The average Bonchev–Trinajstić information content (AvgIpc) is 2.77. The van der Waals surface area contributed by atoms with E-state index in [-0.39, 0.29) is 0 Å². The van der Waals surface area contributed by atoms with Crippen molar-refractivity contribution in [2.45, 2.75) is 13.2 Å². The molecule has 0 radical (unpaired) electrons. The molecule has 4 rings (SSSR count). The number of halogens is 1. The van der Waals surface area contributed by atoms with Crippen molar-refractivity contribution >= 4 is 28.1 Å². The van der Waals surface area contributed by atoms with Crippen LogP contribution in [0.25, 0.3) is 10.8 Å². The molecule has 0 fully saturated rings. The fraction of sp³-hybridized carbons (Fsp3) is 0.120. The molecule has 4 aromatic carbocycles. The fourth-order valence-electron chi connectivity index (χ4n) is 3.36. The Bertz CT molecular complexity index is 1120. The number of hydrogen-bond donors (Lipinski definition) is 1. The summed E-state index contributed by atoms with van der Waals surface area (Å²) in [4.78, 5) is 0. The Morgan fingerprint density at radius 3 is 2.38 bits per heavy atom. The summed E-state index contributed by atoms with van der Waals surface area (Å²) in [7, 11) is 1.65. The zero-order valence-electron chi connectivity index (χ0n) is 16.2. The summed E-state index contributed by atoms with van der Waals surface area (Å²) >= 11 is 6.28. The van der Waals surface area contributed by atoms with Gasteiger partial charge < -0.3 is 14.8 Å². The molecule has 0 amide bonds. The minimum Gasteiger partial charge on any atom is -0.493 e. The Balaban J connectivity index is 1.58. The van der Waals surface area contributed by atoms with Crippen LogP contribution >= 0.6 is 11.6 Å². The molecular weight excluding hydrogens is 382 g/mol. The van der Waals surface area contributed by atoms with Crippen LogP contribution < -0.4 is 14.8 Å². The monoisotopic (exact) mass is 403 g/mol. The molecule has 4 heteroatoms. The van der Waals surface area contributed by atoms with Crippen molar-refractivity contribution in [3.05, 3.63) is 101 Å². The van der Waals surface area contributed by atoms with E-state index in [1.807, 2.05) is 42.5 Å². The predicted octanol–water partition coefficient (Wildman–Crippen LogP) is 6.69. The maximum Gasteiger partial charge on any atom is 0.166 e. The normalized spacial score (nSPS) is 10.7. The van der Waals surface area contributed by atoms with Gasteiger partial charge in [0.05, 0.1) is 7.11 Å². The zero-order chi connectivity index (χ0) is 20.1. The van der Waals surface area contributed by atoms with E-state index < -0.39 is 0 Å². The van der Waals surface area contributed by atoms with Crippen LogP contribution in [0.4, 0.5) is 5.69 Å². The molecule has 0 aliphatic carbocycles. The lowest BCUT2D eigenvalue weighted by Gasteiger charge is -2.17. The Morgan fingerprint density at radius 1 is 0.793 bits per heavy atom. The van der Waals surface area contributed by atoms with Gasteiger partial charge in [-0.1, -0.05) is 78.3 Å². The summed E-state index contributed by atoms with van der Waals surface area (Å²) in [5.74, 6) is 1.43. The smallest absolute Gasteiger partial charge is 0.166 e. The number of fused-ring (bicyclic) bond motifs is 1. The van der Waals surface area contributed by atoms with Gasteiger partial charge in [-0.15, -0.1) is 0 Å². The maximum absolute atomic E-state index is 6.28. The van der Waals surface area contributed by atoms with Gasteiger partial charge in [0.25, 0.3) is 0 Å². The highest BCUT2D eigenvalue weighted by Crippen LogP contribution is 2.33. The van der Waals surface area contributed by atoms with Crippen molar-refractivity contribution in [2.75, 3.05) is 12.4 Å². The zero-order valence-corrected chi connectivity index (χ0v) is 16.9. The van der Waals surface area contributed by atoms with Crippen LogP contribution in [-0.4, -0.2) is 7.11 Å². The highest BCUT2D eigenvalue weighted by atomic mass is 35.5. The average molecular weight is 404 g/mol. The molecule has 0 atom stereocenters. The number of ether oxygens (including phenoxy) is 2. The highest BCUT2D eigenvalue weighted by molar-refractivity contribution is 6.31. The van der Waals surface area contributed by atoms with Crippen molar-refractivity contribution in [3.63, 3.8) is 0 Å². The van der Waals surface area contributed by atoms with E-state index >= 15 is 0 Å². The van der Waals surface area contributed by atoms with Crippen LogP contribution in [0.3, 0.4) is 0 Å². The van der Waals surface area contributed by atoms with Gasteiger partial charge in [0, 0.05) is 33.8 Å². The second-order valence-electron chi connectivity index (χ2n) is 6.71. The van der Waals surface area contributed by atoms with E-state index in [0.29, 0.717) is 23.9 Å². The predicted molar refractivity (Wildman–Crippen MR) is 120 cm³/mol. The van der Waals surface area contributed by atoms with Crippen LogP contribution in [0.2, 0.25) is 5.02 Å². The van der Waals surface area contributed by atoms with Gasteiger partial charge in [0.1, 0.15) is 6.61 Å². The SMILES string of the molecule is COc1cccc(CNc2cccc3ccccc23)c1OCc1ccccc1Cl. The van der Waals surface area contributed by atoms with E-state index in [2.05, 4.69) is 47.8 Å². The fourth-order valence-corrected chi connectivity index (χ4v) is 3.55. The van der Waals surface area contributed by atoms with Crippen molar-refractivity contribution in [1.82, 2.24) is 0 Å². The Labute approximate surface area is 175 Å². The first-order chi connectivity index (χ1) is 14.3. The standard InChI is InChI=1S/C25H22ClNO2/c1-28-24-15-7-11-19(25(24)29-17-20-9-3-5-13-22(20)26)16-27-23-14-6-10-18-8-2-4-12-21(18)23/h2-15,27H,16-17H2,1H3. The Kier molecular flexibility index (Phi) is 5.87.